The van der Waals surface area contributed by atoms with Crippen molar-refractivity contribution in [1.82, 2.24) is 0 Å². The van der Waals surface area contributed by atoms with Gasteiger partial charge in [0, 0.05) is 35.1 Å². The van der Waals surface area contributed by atoms with E-state index >= 15 is 0 Å². The summed E-state index contributed by atoms with van der Waals surface area (Å²) in [6, 6.07) is 8.16. The largest absolute Gasteiger partial charge is 0.490 e. The summed E-state index contributed by atoms with van der Waals surface area (Å²) in [6.45, 7) is 6.84. The molecule has 1 aliphatic carbocycles. The molecule has 2 N–H and O–H groups in total. The molecule has 1 aliphatic rings. The molecule has 0 fully saturated rings. The van der Waals surface area contributed by atoms with E-state index in [1.165, 1.54) is 193 Å². The molecule has 6 nitrogen and oxygen atoms in total. The second-order valence-electron chi connectivity index (χ2n) is 18.7. The van der Waals surface area contributed by atoms with Crippen LogP contribution >= 0.6 is 0 Å². The summed E-state index contributed by atoms with van der Waals surface area (Å²) in [6.07, 6.45) is 47.7. The Hall–Kier alpha value is -2.12. The molecule has 62 heavy (non-hydrogen) atoms. The van der Waals surface area contributed by atoms with Gasteiger partial charge in [0.05, 0.1) is 13.2 Å². The molecular formula is C56H96O6. The van der Waals surface area contributed by atoms with Crippen LogP contribution in [0.3, 0.4) is 0 Å². The van der Waals surface area contributed by atoms with E-state index in [0.717, 1.165) is 59.1 Å². The molecule has 3 rings (SSSR count). The standard InChI is InChI=1S/C56H96O6/c1-3-5-7-9-11-13-15-17-19-21-23-25-27-29-31-37-43-59-45-49(57)47-61-55-51-39-33-35-41-53(51)56(54-42-36-34-40-52(54)55)62-48-50(58)46-60-44-38-32-30-28-26-24-22-20-18-16-14-12-10-8-6-4-2/h33-36,39,41,49-50,57-58H,3-32,37-38,40,42-48H2,1-2H3. The van der Waals surface area contributed by atoms with Crippen LogP contribution in [-0.4, -0.2) is 62.1 Å². The summed E-state index contributed by atoms with van der Waals surface area (Å²) < 4.78 is 24.5. The van der Waals surface area contributed by atoms with Gasteiger partial charge in [-0.15, -0.1) is 0 Å². The van der Waals surface area contributed by atoms with Crippen LogP contribution < -0.4 is 9.47 Å². The fourth-order valence-corrected chi connectivity index (χ4v) is 9.04. The number of unbranched alkanes of at least 4 members (excludes halogenated alkanes) is 30. The SMILES string of the molecule is CCCCCCCCCCCCCCCCCCOCC(O)COc1c2c(c(OCC(O)COCCCCCCCCCCCCCCCCCC)c3ccccc13)CC=CC2. The number of fused-ring (bicyclic) bond motifs is 2. The first-order valence-corrected chi connectivity index (χ1v) is 26.6. The zero-order valence-electron chi connectivity index (χ0n) is 40.4. The fraction of sp³-hybridized carbons (Fsp3) is 0.786. The van der Waals surface area contributed by atoms with Gasteiger partial charge in [0.2, 0.25) is 0 Å². The molecule has 0 aliphatic heterocycles. The quantitative estimate of drug-likeness (QED) is 0.0510. The molecule has 0 saturated carbocycles. The molecule has 2 aromatic rings. The van der Waals surface area contributed by atoms with Crippen molar-refractivity contribution in [1.29, 1.82) is 0 Å². The zero-order chi connectivity index (χ0) is 44.0. The first kappa shape index (κ1) is 54.2. The van der Waals surface area contributed by atoms with Crippen LogP contribution in [-0.2, 0) is 22.3 Å². The highest BCUT2D eigenvalue weighted by molar-refractivity contribution is 5.96. The van der Waals surface area contributed by atoms with Gasteiger partial charge in [0.1, 0.15) is 36.9 Å². The maximum absolute atomic E-state index is 10.8. The van der Waals surface area contributed by atoms with Crippen LogP contribution in [0, 0.1) is 0 Å². The van der Waals surface area contributed by atoms with Crippen LogP contribution in [0.4, 0.5) is 0 Å². The first-order valence-electron chi connectivity index (χ1n) is 26.6. The van der Waals surface area contributed by atoms with Crippen molar-refractivity contribution in [2.45, 2.75) is 244 Å². The van der Waals surface area contributed by atoms with E-state index in [4.69, 9.17) is 18.9 Å². The second kappa shape index (κ2) is 38.2. The van der Waals surface area contributed by atoms with E-state index in [0.29, 0.717) is 13.2 Å². The lowest BCUT2D eigenvalue weighted by Crippen LogP contribution is -2.25. The van der Waals surface area contributed by atoms with Crippen molar-refractivity contribution in [3.63, 3.8) is 0 Å². The number of aliphatic hydroxyl groups excluding tert-OH is 2. The number of allylic oxidation sites excluding steroid dienone is 2. The third-order valence-corrected chi connectivity index (χ3v) is 12.9. The van der Waals surface area contributed by atoms with Gasteiger partial charge < -0.3 is 29.2 Å². The van der Waals surface area contributed by atoms with Crippen LogP contribution in [0.1, 0.15) is 230 Å². The van der Waals surface area contributed by atoms with Crippen molar-refractivity contribution < 1.29 is 29.2 Å². The highest BCUT2D eigenvalue weighted by Gasteiger charge is 2.23. The number of hydrogen-bond acceptors (Lipinski definition) is 6. The molecule has 6 heteroatoms. The predicted octanol–water partition coefficient (Wildman–Crippen LogP) is 15.5. The van der Waals surface area contributed by atoms with Crippen LogP contribution in [0.25, 0.3) is 10.8 Å². The van der Waals surface area contributed by atoms with Crippen molar-refractivity contribution in [2.75, 3.05) is 39.6 Å². The summed E-state index contributed by atoms with van der Waals surface area (Å²) in [5.74, 6) is 1.62. The van der Waals surface area contributed by atoms with Crippen LogP contribution in [0.2, 0.25) is 0 Å². The minimum Gasteiger partial charge on any atom is -0.490 e. The lowest BCUT2D eigenvalue weighted by Gasteiger charge is -2.25. The number of ether oxygens (including phenoxy) is 4. The summed E-state index contributed by atoms with van der Waals surface area (Å²) >= 11 is 0. The minimum atomic E-state index is -0.699. The minimum absolute atomic E-state index is 0.175. The molecule has 0 radical (unpaired) electrons. The Kier molecular flexibility index (Phi) is 33.4. The van der Waals surface area contributed by atoms with Gasteiger partial charge in [-0.05, 0) is 25.7 Å². The zero-order valence-corrected chi connectivity index (χ0v) is 40.4. The van der Waals surface area contributed by atoms with E-state index in [1.54, 1.807) is 0 Å². The Balaban J connectivity index is 1.24. The normalized spacial score (nSPS) is 13.5. The van der Waals surface area contributed by atoms with Gasteiger partial charge in [-0.25, -0.2) is 0 Å². The Labute approximate surface area is 381 Å². The lowest BCUT2D eigenvalue weighted by molar-refractivity contribution is 0.0104. The van der Waals surface area contributed by atoms with Crippen molar-refractivity contribution in [2.24, 2.45) is 0 Å². The Morgan fingerprint density at radius 3 is 0.952 bits per heavy atom. The summed E-state index contributed by atoms with van der Waals surface area (Å²) in [5.41, 5.74) is 2.19. The van der Waals surface area contributed by atoms with Gasteiger partial charge >= 0.3 is 0 Å². The molecule has 0 spiro atoms. The molecule has 356 valence electrons. The van der Waals surface area contributed by atoms with Crippen molar-refractivity contribution in [3.05, 3.63) is 47.5 Å². The fourth-order valence-electron chi connectivity index (χ4n) is 9.04. The molecule has 2 unspecified atom stereocenters. The van der Waals surface area contributed by atoms with Gasteiger partial charge in [0.15, 0.2) is 0 Å². The summed E-state index contributed by atoms with van der Waals surface area (Å²) in [4.78, 5) is 0. The molecule has 0 bridgehead atoms. The molecule has 2 atom stereocenters. The highest BCUT2D eigenvalue weighted by atomic mass is 16.5. The van der Waals surface area contributed by atoms with Crippen LogP contribution in [0.15, 0.2) is 36.4 Å². The Morgan fingerprint density at radius 2 is 0.661 bits per heavy atom. The lowest BCUT2D eigenvalue weighted by atomic mass is 9.90. The van der Waals surface area contributed by atoms with E-state index in [2.05, 4.69) is 38.1 Å². The molecule has 2 aromatic carbocycles. The maximum atomic E-state index is 10.8. The Bertz CT molecular complexity index is 1260. The van der Waals surface area contributed by atoms with E-state index in [9.17, 15) is 10.2 Å². The first-order chi connectivity index (χ1) is 30.7. The molecule has 0 aromatic heterocycles. The number of hydrogen-bond donors (Lipinski definition) is 2. The van der Waals surface area contributed by atoms with E-state index in [1.807, 2.05) is 12.1 Å². The molecular weight excluding hydrogens is 769 g/mol. The summed E-state index contributed by atoms with van der Waals surface area (Å²) in [5, 5.41) is 23.6. The monoisotopic (exact) mass is 865 g/mol. The van der Waals surface area contributed by atoms with E-state index < -0.39 is 12.2 Å². The molecule has 0 amide bonds. The highest BCUT2D eigenvalue weighted by Crippen LogP contribution is 2.43. The Morgan fingerprint density at radius 1 is 0.387 bits per heavy atom. The molecule has 0 heterocycles. The smallest absolute Gasteiger partial charge is 0.131 e. The maximum Gasteiger partial charge on any atom is 0.131 e. The number of aliphatic hydroxyl groups is 2. The van der Waals surface area contributed by atoms with Crippen LogP contribution in [0.5, 0.6) is 11.5 Å². The topological polar surface area (TPSA) is 77.4 Å². The second-order valence-corrected chi connectivity index (χ2v) is 18.7. The number of rotatable bonds is 44. The van der Waals surface area contributed by atoms with E-state index in [-0.39, 0.29) is 26.4 Å². The van der Waals surface area contributed by atoms with Crippen molar-refractivity contribution in [3.8, 4) is 11.5 Å². The third-order valence-electron chi connectivity index (χ3n) is 12.9. The molecule has 0 saturated heterocycles. The van der Waals surface area contributed by atoms with Gasteiger partial charge in [-0.2, -0.15) is 0 Å². The van der Waals surface area contributed by atoms with Crippen molar-refractivity contribution >= 4 is 10.8 Å². The average molecular weight is 865 g/mol. The van der Waals surface area contributed by atoms with Gasteiger partial charge in [-0.3, -0.25) is 0 Å². The van der Waals surface area contributed by atoms with Gasteiger partial charge in [-0.1, -0.05) is 243 Å². The number of benzene rings is 2. The van der Waals surface area contributed by atoms with Gasteiger partial charge in [0.25, 0.3) is 0 Å². The predicted molar refractivity (Wildman–Crippen MR) is 264 cm³/mol. The average Bonchev–Trinajstić information content (AvgIpc) is 3.29. The summed E-state index contributed by atoms with van der Waals surface area (Å²) in [7, 11) is 0. The third kappa shape index (κ3) is 25.4.